The first-order valence-electron chi connectivity index (χ1n) is 10.3. The number of amides is 1. The highest BCUT2D eigenvalue weighted by molar-refractivity contribution is 9.10. The maximum absolute atomic E-state index is 13.4. The maximum atomic E-state index is 13.4. The molecular formula is C24H16BrF6N3O3S. The molecule has 0 heterocycles. The second-order valence-electron chi connectivity index (χ2n) is 8.13. The number of rotatable bonds is 8. The molecule has 0 aliphatic heterocycles. The molecule has 0 aromatic heterocycles. The van der Waals surface area contributed by atoms with Gasteiger partial charge in [-0.2, -0.15) is 10.5 Å². The van der Waals surface area contributed by atoms with Crippen LogP contribution >= 0.6 is 26.2 Å². The highest BCUT2D eigenvalue weighted by Gasteiger charge is 2.65. The summed E-state index contributed by atoms with van der Waals surface area (Å²) in [6, 6.07) is 12.7. The molecule has 3 rings (SSSR count). The zero-order valence-electron chi connectivity index (χ0n) is 19.2. The van der Waals surface area contributed by atoms with Crippen molar-refractivity contribution in [3.8, 4) is 29.4 Å². The SMILES string of the molecule is CC(C#N)(COc1cc(C#N)ccc1Oc1ccc(F)cc1Br)NC(=O)c1ccc(S(F)(F)(F)(F)F)cc1. The lowest BCUT2D eigenvalue weighted by Gasteiger charge is -2.40. The number of carbonyl (C=O) groups is 1. The summed E-state index contributed by atoms with van der Waals surface area (Å²) in [5, 5.41) is 21.1. The molecule has 0 bridgehead atoms. The third kappa shape index (κ3) is 7.12. The van der Waals surface area contributed by atoms with Gasteiger partial charge < -0.3 is 14.8 Å². The van der Waals surface area contributed by atoms with Crippen molar-refractivity contribution in [1.29, 1.82) is 10.5 Å². The molecule has 0 saturated heterocycles. The second kappa shape index (κ2) is 9.45. The van der Waals surface area contributed by atoms with Gasteiger partial charge in [0.1, 0.15) is 23.1 Å². The van der Waals surface area contributed by atoms with Crippen molar-refractivity contribution >= 4 is 32.1 Å². The summed E-state index contributed by atoms with van der Waals surface area (Å²) in [5.41, 5.74) is -2.00. The molecule has 38 heavy (non-hydrogen) atoms. The second-order valence-corrected chi connectivity index (χ2v) is 11.4. The van der Waals surface area contributed by atoms with Crippen LogP contribution in [0.4, 0.5) is 23.8 Å². The van der Waals surface area contributed by atoms with E-state index < -0.39 is 44.6 Å². The summed E-state index contributed by atoms with van der Waals surface area (Å²) < 4.78 is 89.7. The third-order valence-electron chi connectivity index (χ3n) is 4.90. The molecule has 14 heteroatoms. The minimum absolute atomic E-state index is 0.0174. The Hall–Kier alpha value is -3.88. The average Bonchev–Trinajstić information content (AvgIpc) is 2.83. The van der Waals surface area contributed by atoms with Gasteiger partial charge in [0.2, 0.25) is 0 Å². The van der Waals surface area contributed by atoms with Gasteiger partial charge in [-0.1, -0.05) is 19.4 Å². The van der Waals surface area contributed by atoms with E-state index in [4.69, 9.17) is 9.47 Å². The van der Waals surface area contributed by atoms with Gasteiger partial charge in [-0.3, -0.25) is 4.79 Å². The minimum atomic E-state index is -9.92. The Kier molecular flexibility index (Phi) is 7.14. The molecule has 200 valence electrons. The lowest BCUT2D eigenvalue weighted by molar-refractivity contribution is 0.0900. The van der Waals surface area contributed by atoms with Crippen LogP contribution in [-0.2, 0) is 0 Å². The first-order valence-corrected chi connectivity index (χ1v) is 13.1. The smallest absolute Gasteiger partial charge is 0.310 e. The highest BCUT2D eigenvalue weighted by atomic mass is 79.9. The predicted molar refractivity (Wildman–Crippen MR) is 130 cm³/mol. The summed E-state index contributed by atoms with van der Waals surface area (Å²) in [5.74, 6) is -1.29. The van der Waals surface area contributed by atoms with Crippen LogP contribution in [0.1, 0.15) is 22.8 Å². The van der Waals surface area contributed by atoms with Gasteiger partial charge in [-0.25, -0.2) is 4.39 Å². The maximum Gasteiger partial charge on any atom is 0.310 e. The molecule has 6 nitrogen and oxygen atoms in total. The van der Waals surface area contributed by atoms with E-state index in [9.17, 15) is 39.1 Å². The van der Waals surface area contributed by atoms with Gasteiger partial charge in [0.05, 0.1) is 22.2 Å². The Balaban J connectivity index is 1.80. The Labute approximate surface area is 221 Å². The molecule has 3 aromatic carbocycles. The van der Waals surface area contributed by atoms with Crippen LogP contribution in [0.5, 0.6) is 17.2 Å². The minimum Gasteiger partial charge on any atom is -0.486 e. The lowest BCUT2D eigenvalue weighted by atomic mass is 10.0. The summed E-state index contributed by atoms with van der Waals surface area (Å²) in [6.45, 7) is 0.730. The summed E-state index contributed by atoms with van der Waals surface area (Å²) >= 11 is 3.16. The van der Waals surface area contributed by atoms with Crippen molar-refractivity contribution in [3.05, 3.63) is 82.1 Å². The van der Waals surface area contributed by atoms with E-state index in [1.165, 1.54) is 31.2 Å². The van der Waals surface area contributed by atoms with Crippen LogP contribution in [0.2, 0.25) is 0 Å². The number of halogens is 7. The van der Waals surface area contributed by atoms with Crippen molar-refractivity contribution in [2.24, 2.45) is 0 Å². The molecule has 1 amide bonds. The Bertz CT molecular complexity index is 1490. The molecule has 0 aliphatic carbocycles. The normalized spacial score (nSPS) is 14.6. The van der Waals surface area contributed by atoms with Gasteiger partial charge in [-0.15, -0.1) is 0 Å². The van der Waals surface area contributed by atoms with Gasteiger partial charge in [0.15, 0.2) is 17.0 Å². The quantitative estimate of drug-likeness (QED) is 0.258. The number of hydrogen-bond donors (Lipinski definition) is 1. The Morgan fingerprint density at radius 2 is 1.61 bits per heavy atom. The van der Waals surface area contributed by atoms with Crippen molar-refractivity contribution in [1.82, 2.24) is 5.32 Å². The molecule has 0 saturated carbocycles. The highest BCUT2D eigenvalue weighted by Crippen LogP contribution is 3.02. The fourth-order valence-corrected chi connectivity index (χ4v) is 4.04. The molecule has 0 fully saturated rings. The topological polar surface area (TPSA) is 95.1 Å². The largest absolute Gasteiger partial charge is 0.486 e. The summed E-state index contributed by atoms with van der Waals surface area (Å²) in [6.07, 6.45) is 0. The molecule has 3 aromatic rings. The first-order chi connectivity index (χ1) is 17.4. The summed E-state index contributed by atoms with van der Waals surface area (Å²) in [4.78, 5) is 10.4. The van der Waals surface area contributed by atoms with Crippen LogP contribution in [0, 0.1) is 28.5 Å². The number of benzene rings is 3. The predicted octanol–water partition coefficient (Wildman–Crippen LogP) is 8.00. The number of carbonyl (C=O) groups excluding carboxylic acids is 1. The first kappa shape index (κ1) is 28.7. The lowest BCUT2D eigenvalue weighted by Crippen LogP contribution is -2.49. The number of ether oxygens (including phenoxy) is 2. The van der Waals surface area contributed by atoms with Crippen molar-refractivity contribution < 1.29 is 38.1 Å². The van der Waals surface area contributed by atoms with Crippen molar-refractivity contribution in [3.63, 3.8) is 0 Å². The molecule has 1 unspecified atom stereocenters. The van der Waals surface area contributed by atoms with Gasteiger partial charge in [0, 0.05) is 11.6 Å². The molecule has 0 aliphatic rings. The van der Waals surface area contributed by atoms with E-state index >= 15 is 0 Å². The molecule has 1 atom stereocenters. The molecule has 1 N–H and O–H groups in total. The van der Waals surface area contributed by atoms with E-state index in [1.54, 1.807) is 6.07 Å². The van der Waals surface area contributed by atoms with Crippen LogP contribution < -0.4 is 14.8 Å². The number of hydrogen-bond acceptors (Lipinski definition) is 5. The zero-order chi connectivity index (χ0) is 28.4. The molecular weight excluding hydrogens is 604 g/mol. The average molecular weight is 620 g/mol. The molecule has 0 spiro atoms. The van der Waals surface area contributed by atoms with E-state index in [0.717, 1.165) is 12.1 Å². The number of nitriles is 2. The van der Waals surface area contributed by atoms with Crippen molar-refractivity contribution in [2.75, 3.05) is 6.61 Å². The standard InChI is InChI=1S/C24H16BrF6N3O3S/c1-24(13-33,34-23(35)16-3-6-18(7-4-16)38(27,28,29,30)31)14-36-22-10-15(12-32)2-8-21(22)37-20-9-5-17(26)11-19(20)25/h2-11H,14H2,1H3,(H,34,35). The van der Waals surface area contributed by atoms with Gasteiger partial charge in [-0.05, 0) is 77.5 Å². The van der Waals surface area contributed by atoms with E-state index in [1.807, 2.05) is 6.07 Å². The van der Waals surface area contributed by atoms with Crippen LogP contribution in [0.15, 0.2) is 70.0 Å². The number of nitrogens with zero attached hydrogens (tertiary/aromatic N) is 2. The van der Waals surface area contributed by atoms with E-state index in [-0.39, 0.29) is 39.4 Å². The monoisotopic (exact) mass is 619 g/mol. The fraction of sp³-hybridized carbons (Fsp3) is 0.125. The van der Waals surface area contributed by atoms with Crippen LogP contribution in [-0.4, -0.2) is 18.1 Å². The van der Waals surface area contributed by atoms with Gasteiger partial charge in [0.25, 0.3) is 5.91 Å². The van der Waals surface area contributed by atoms with Crippen LogP contribution in [0.3, 0.4) is 0 Å². The zero-order valence-corrected chi connectivity index (χ0v) is 21.6. The van der Waals surface area contributed by atoms with E-state index in [0.29, 0.717) is 12.1 Å². The Morgan fingerprint density at radius 3 is 2.16 bits per heavy atom. The fourth-order valence-electron chi connectivity index (χ4n) is 2.96. The van der Waals surface area contributed by atoms with Crippen molar-refractivity contribution in [2.45, 2.75) is 17.4 Å². The van der Waals surface area contributed by atoms with E-state index in [2.05, 4.69) is 21.2 Å². The van der Waals surface area contributed by atoms with Gasteiger partial charge >= 0.3 is 10.2 Å². The Morgan fingerprint density at radius 1 is 0.974 bits per heavy atom. The number of nitrogens with one attached hydrogen (secondary N) is 1. The van der Waals surface area contributed by atoms with Crippen LogP contribution in [0.25, 0.3) is 0 Å². The molecule has 0 radical (unpaired) electrons. The summed E-state index contributed by atoms with van der Waals surface area (Å²) in [7, 11) is -9.92. The third-order valence-corrected chi connectivity index (χ3v) is 6.68.